The molecular formula is C12H8ClF2N2O2. The Morgan fingerprint density at radius 2 is 2.16 bits per heavy atom. The van der Waals surface area contributed by atoms with E-state index < -0.39 is 11.8 Å². The molecule has 0 amide bonds. The molecule has 1 aliphatic carbocycles. The highest BCUT2D eigenvalue weighted by Gasteiger charge is 2.61. The average Bonchev–Trinajstić information content (AvgIpc) is 2.82. The Bertz CT molecular complexity index is 630. The molecule has 1 unspecified atom stereocenters. The van der Waals surface area contributed by atoms with E-state index in [4.69, 9.17) is 20.9 Å². The van der Waals surface area contributed by atoms with Crippen molar-refractivity contribution in [1.82, 2.24) is 10.1 Å². The molecule has 0 N–H and O–H groups in total. The van der Waals surface area contributed by atoms with Crippen molar-refractivity contribution in [3.63, 3.8) is 0 Å². The molecule has 1 fully saturated rings. The third-order valence-electron chi connectivity index (χ3n) is 2.80. The van der Waals surface area contributed by atoms with E-state index in [1.807, 2.05) is 0 Å². The van der Waals surface area contributed by atoms with Gasteiger partial charge in [0.1, 0.15) is 11.7 Å². The van der Waals surface area contributed by atoms with Gasteiger partial charge in [0, 0.05) is 5.02 Å². The van der Waals surface area contributed by atoms with Crippen molar-refractivity contribution in [2.45, 2.75) is 11.8 Å². The first-order valence-corrected chi connectivity index (χ1v) is 5.80. The maximum atomic E-state index is 12.9. The molecule has 0 saturated heterocycles. The van der Waals surface area contributed by atoms with E-state index in [-0.39, 0.29) is 11.7 Å². The van der Waals surface area contributed by atoms with Gasteiger partial charge in [0.15, 0.2) is 0 Å². The molecule has 19 heavy (non-hydrogen) atoms. The van der Waals surface area contributed by atoms with E-state index in [0.717, 1.165) is 6.42 Å². The van der Waals surface area contributed by atoms with Crippen molar-refractivity contribution in [2.75, 3.05) is 7.11 Å². The predicted molar refractivity (Wildman–Crippen MR) is 63.3 cm³/mol. The summed E-state index contributed by atoms with van der Waals surface area (Å²) in [4.78, 5) is 3.96. The molecule has 1 atom stereocenters. The number of halogens is 3. The van der Waals surface area contributed by atoms with Crippen LogP contribution in [0.25, 0.3) is 11.4 Å². The molecule has 7 heteroatoms. The Hall–Kier alpha value is -1.69. The van der Waals surface area contributed by atoms with Gasteiger partial charge in [-0.25, -0.2) is 8.78 Å². The first-order valence-electron chi connectivity index (χ1n) is 5.42. The van der Waals surface area contributed by atoms with Crippen LogP contribution in [0.3, 0.4) is 0 Å². The summed E-state index contributed by atoms with van der Waals surface area (Å²) in [5, 5.41) is 4.15. The summed E-state index contributed by atoms with van der Waals surface area (Å²) in [7, 11) is 1.48. The van der Waals surface area contributed by atoms with Crippen LogP contribution >= 0.6 is 11.6 Å². The molecule has 1 aromatic heterocycles. The number of nitrogens with zero attached hydrogens (tertiary/aromatic N) is 2. The molecule has 99 valence electrons. The highest BCUT2D eigenvalue weighted by Crippen LogP contribution is 2.54. The topological polar surface area (TPSA) is 48.2 Å². The lowest BCUT2D eigenvalue weighted by molar-refractivity contribution is 0.117. The van der Waals surface area contributed by atoms with Crippen LogP contribution < -0.4 is 4.74 Å². The second-order valence-electron chi connectivity index (χ2n) is 4.12. The molecule has 1 saturated carbocycles. The molecule has 1 aromatic carbocycles. The number of ether oxygens (including phenoxy) is 1. The van der Waals surface area contributed by atoms with E-state index in [1.165, 1.54) is 7.11 Å². The van der Waals surface area contributed by atoms with Crippen molar-refractivity contribution in [3.05, 3.63) is 35.5 Å². The van der Waals surface area contributed by atoms with Crippen molar-refractivity contribution >= 4 is 11.6 Å². The molecule has 3 rings (SSSR count). The van der Waals surface area contributed by atoms with Crippen LogP contribution in [0.5, 0.6) is 5.75 Å². The maximum absolute atomic E-state index is 12.9. The van der Waals surface area contributed by atoms with Gasteiger partial charge in [0.2, 0.25) is 11.7 Å². The van der Waals surface area contributed by atoms with Gasteiger partial charge >= 0.3 is 0 Å². The molecule has 0 aliphatic heterocycles. The van der Waals surface area contributed by atoms with Crippen LogP contribution in [0.4, 0.5) is 8.78 Å². The summed E-state index contributed by atoms with van der Waals surface area (Å²) in [5.41, 5.74) is 0.494. The van der Waals surface area contributed by atoms with Crippen LogP contribution in [0, 0.1) is 6.42 Å². The van der Waals surface area contributed by atoms with E-state index in [0.29, 0.717) is 16.3 Å². The van der Waals surface area contributed by atoms with Crippen LogP contribution in [0.15, 0.2) is 22.7 Å². The van der Waals surface area contributed by atoms with Gasteiger partial charge in [-0.3, -0.25) is 0 Å². The van der Waals surface area contributed by atoms with Crippen molar-refractivity contribution in [3.8, 4) is 17.1 Å². The monoisotopic (exact) mass is 285 g/mol. The Balaban J connectivity index is 1.97. The molecule has 0 bridgehead atoms. The van der Waals surface area contributed by atoms with Crippen LogP contribution in [0.2, 0.25) is 5.02 Å². The molecule has 1 heterocycles. The molecule has 1 aliphatic rings. The minimum Gasteiger partial charge on any atom is -0.496 e. The van der Waals surface area contributed by atoms with Gasteiger partial charge in [-0.15, -0.1) is 0 Å². The highest BCUT2D eigenvalue weighted by molar-refractivity contribution is 6.30. The van der Waals surface area contributed by atoms with Crippen molar-refractivity contribution in [1.29, 1.82) is 0 Å². The quantitative estimate of drug-likeness (QED) is 0.868. The summed E-state index contributed by atoms with van der Waals surface area (Å²) in [6, 6.07) is 4.88. The van der Waals surface area contributed by atoms with Gasteiger partial charge in [-0.1, -0.05) is 16.8 Å². The molecule has 2 aromatic rings. The molecular weight excluding hydrogens is 278 g/mol. The maximum Gasteiger partial charge on any atom is 0.264 e. The Morgan fingerprint density at radius 3 is 2.79 bits per heavy atom. The summed E-state index contributed by atoms with van der Waals surface area (Å²) < 4.78 is 35.7. The zero-order valence-electron chi connectivity index (χ0n) is 9.73. The van der Waals surface area contributed by atoms with Crippen LogP contribution in [-0.4, -0.2) is 23.2 Å². The number of alkyl halides is 2. The second-order valence-corrected chi connectivity index (χ2v) is 4.56. The Labute approximate surface area is 112 Å². The molecule has 0 spiro atoms. The summed E-state index contributed by atoms with van der Waals surface area (Å²) >= 11 is 5.88. The van der Waals surface area contributed by atoms with Gasteiger partial charge < -0.3 is 9.26 Å². The van der Waals surface area contributed by atoms with E-state index >= 15 is 0 Å². The lowest BCUT2D eigenvalue weighted by atomic mass is 10.2. The first-order chi connectivity index (χ1) is 9.01. The predicted octanol–water partition coefficient (Wildman–Crippen LogP) is 3.34. The fourth-order valence-corrected chi connectivity index (χ4v) is 1.91. The van der Waals surface area contributed by atoms with E-state index in [2.05, 4.69) is 10.1 Å². The van der Waals surface area contributed by atoms with Crippen molar-refractivity contribution in [2.24, 2.45) is 0 Å². The molecule has 4 nitrogen and oxygen atoms in total. The van der Waals surface area contributed by atoms with Gasteiger partial charge in [-0.2, -0.15) is 4.98 Å². The first kappa shape index (κ1) is 12.3. The normalized spacial score (nSPS) is 20.3. The smallest absolute Gasteiger partial charge is 0.264 e. The highest BCUT2D eigenvalue weighted by atomic mass is 35.5. The van der Waals surface area contributed by atoms with Gasteiger partial charge in [0.05, 0.1) is 19.1 Å². The van der Waals surface area contributed by atoms with Crippen LogP contribution in [-0.2, 0) is 0 Å². The summed E-state index contributed by atoms with van der Waals surface area (Å²) in [6.45, 7) is 0. The van der Waals surface area contributed by atoms with Crippen LogP contribution in [0.1, 0.15) is 11.8 Å². The number of hydrogen-bond acceptors (Lipinski definition) is 4. The largest absolute Gasteiger partial charge is 0.496 e. The lowest BCUT2D eigenvalue weighted by Gasteiger charge is -2.04. The number of hydrogen-bond donors (Lipinski definition) is 0. The van der Waals surface area contributed by atoms with Gasteiger partial charge in [-0.05, 0) is 18.2 Å². The number of rotatable bonds is 3. The summed E-state index contributed by atoms with van der Waals surface area (Å²) in [5.74, 6) is -3.41. The Kier molecular flexibility index (Phi) is 2.70. The lowest BCUT2D eigenvalue weighted by Crippen LogP contribution is -1.93. The second kappa shape index (κ2) is 4.16. The minimum atomic E-state index is -2.86. The Morgan fingerprint density at radius 1 is 1.42 bits per heavy atom. The van der Waals surface area contributed by atoms with Gasteiger partial charge in [0.25, 0.3) is 5.92 Å². The zero-order chi connectivity index (χ0) is 13.6. The number of benzene rings is 1. The molecule has 1 radical (unpaired) electrons. The SMILES string of the molecule is COc1ccc(Cl)cc1-c1noc(C2[CH]C2(F)F)n1. The average molecular weight is 286 g/mol. The minimum absolute atomic E-state index is 0.109. The third kappa shape index (κ3) is 2.16. The standard InChI is InChI=1S/C12H8ClF2N2O2/c1-18-9-3-2-6(13)4-7(9)10-16-11(19-17-10)8-5-12(8,14)15/h2-5,8H,1H3. The fourth-order valence-electron chi connectivity index (χ4n) is 1.74. The van der Waals surface area contributed by atoms with Crippen molar-refractivity contribution < 1.29 is 18.0 Å². The number of methoxy groups -OCH3 is 1. The number of aromatic nitrogens is 2. The third-order valence-corrected chi connectivity index (χ3v) is 3.04. The van der Waals surface area contributed by atoms with E-state index in [9.17, 15) is 8.78 Å². The fraction of sp³-hybridized carbons (Fsp3) is 0.250. The summed E-state index contributed by atoms with van der Waals surface area (Å²) in [6.07, 6.45) is 0.847. The zero-order valence-corrected chi connectivity index (χ0v) is 10.5. The van der Waals surface area contributed by atoms with E-state index in [1.54, 1.807) is 18.2 Å².